The molecule has 5 heteroatoms. The lowest BCUT2D eigenvalue weighted by molar-refractivity contribution is -0.169. The maximum Gasteiger partial charge on any atom is 0.231 e. The van der Waals surface area contributed by atoms with Gasteiger partial charge in [0, 0.05) is 37.2 Å². The lowest BCUT2D eigenvalue weighted by Crippen LogP contribution is -2.61. The van der Waals surface area contributed by atoms with Crippen LogP contribution in [-0.2, 0) is 4.79 Å². The molecule has 5 nitrogen and oxygen atoms in total. The first-order valence-electron chi connectivity index (χ1n) is 13.0. The van der Waals surface area contributed by atoms with E-state index in [2.05, 4.69) is 23.6 Å². The van der Waals surface area contributed by atoms with Gasteiger partial charge in [0.25, 0.3) is 0 Å². The lowest BCUT2D eigenvalue weighted by atomic mass is 9.68. The average Bonchev–Trinajstić information content (AvgIpc) is 2.81. The number of likely N-dealkylation sites (tertiary alicyclic amines) is 1. The molecule has 0 radical (unpaired) electrons. The number of piperidine rings is 1. The molecule has 1 heterocycles. The first-order valence-corrected chi connectivity index (χ1v) is 13.0. The fraction of sp³-hybridized carbons (Fsp3) is 0.714. The Balaban J connectivity index is 1.54. The van der Waals surface area contributed by atoms with Crippen molar-refractivity contribution in [1.29, 1.82) is 0 Å². The number of ketones is 1. The summed E-state index contributed by atoms with van der Waals surface area (Å²) < 4.78 is 0. The topological polar surface area (TPSA) is 60.9 Å². The number of rotatable bonds is 9. The maximum atomic E-state index is 13.8. The minimum atomic E-state index is -0.998. The fourth-order valence-corrected chi connectivity index (χ4v) is 5.71. The Morgan fingerprint density at radius 1 is 1.09 bits per heavy atom. The summed E-state index contributed by atoms with van der Waals surface area (Å²) in [5.74, 6) is 0.293. The molecule has 1 N–H and O–H groups in total. The zero-order valence-corrected chi connectivity index (χ0v) is 21.2. The zero-order valence-electron chi connectivity index (χ0n) is 21.2. The minimum absolute atomic E-state index is 0.105. The van der Waals surface area contributed by atoms with E-state index in [9.17, 15) is 14.7 Å². The van der Waals surface area contributed by atoms with Crippen LogP contribution in [-0.4, -0.2) is 63.9 Å². The van der Waals surface area contributed by atoms with Crippen molar-refractivity contribution in [3.63, 3.8) is 0 Å². The van der Waals surface area contributed by atoms with Crippen molar-refractivity contribution in [2.24, 2.45) is 5.41 Å². The monoisotopic (exact) mass is 456 g/mol. The van der Waals surface area contributed by atoms with Crippen LogP contribution in [0.5, 0.6) is 0 Å². The van der Waals surface area contributed by atoms with Gasteiger partial charge >= 0.3 is 0 Å². The van der Waals surface area contributed by atoms with Gasteiger partial charge in [0.1, 0.15) is 0 Å². The summed E-state index contributed by atoms with van der Waals surface area (Å²) in [6.07, 6.45) is 8.33. The van der Waals surface area contributed by atoms with E-state index in [1.807, 2.05) is 44.2 Å². The Kier molecular flexibility index (Phi) is 8.74. The van der Waals surface area contributed by atoms with E-state index >= 15 is 0 Å². The zero-order chi connectivity index (χ0) is 24.1. The van der Waals surface area contributed by atoms with E-state index in [4.69, 9.17) is 0 Å². The largest absolute Gasteiger partial charge is 0.389 e. The van der Waals surface area contributed by atoms with Crippen LogP contribution in [0.1, 0.15) is 95.8 Å². The molecule has 1 amide bonds. The SMILES string of the molecule is CC(C)N(C(=O)C(C)(C)C1(O)CCN(CCCC(=O)c2ccccc2)CC1)C1CCCCC1. The second-order valence-corrected chi connectivity index (χ2v) is 11.0. The third-order valence-electron chi connectivity index (χ3n) is 8.11. The number of benzene rings is 1. The number of nitrogens with zero attached hydrogens (tertiary/aromatic N) is 2. The molecule has 1 aliphatic carbocycles. The number of carbonyl (C=O) groups is 2. The van der Waals surface area contributed by atoms with Crippen LogP contribution in [0.2, 0.25) is 0 Å². The summed E-state index contributed by atoms with van der Waals surface area (Å²) in [6, 6.07) is 9.91. The third kappa shape index (κ3) is 6.05. The quantitative estimate of drug-likeness (QED) is 0.527. The van der Waals surface area contributed by atoms with Gasteiger partial charge in [-0.25, -0.2) is 0 Å². The lowest BCUT2D eigenvalue weighted by Gasteiger charge is -2.50. The Bertz CT molecular complexity index is 776. The van der Waals surface area contributed by atoms with Crippen LogP contribution in [0.25, 0.3) is 0 Å². The van der Waals surface area contributed by atoms with Gasteiger partial charge in [-0.3, -0.25) is 9.59 Å². The number of hydrogen-bond acceptors (Lipinski definition) is 4. The van der Waals surface area contributed by atoms with Gasteiger partial charge in [-0.15, -0.1) is 0 Å². The molecule has 1 saturated heterocycles. The molecule has 2 aliphatic rings. The van der Waals surface area contributed by atoms with E-state index in [1.54, 1.807) is 0 Å². The Hall–Kier alpha value is -1.72. The molecule has 1 aromatic rings. The molecule has 0 aromatic heterocycles. The normalized spacial score (nSPS) is 20.1. The van der Waals surface area contributed by atoms with Gasteiger partial charge in [0.15, 0.2) is 5.78 Å². The highest BCUT2D eigenvalue weighted by Crippen LogP contribution is 2.42. The molecule has 2 fully saturated rings. The van der Waals surface area contributed by atoms with Gasteiger partial charge in [-0.05, 0) is 66.3 Å². The molecule has 0 bridgehead atoms. The molecule has 184 valence electrons. The molecular weight excluding hydrogens is 412 g/mol. The molecule has 0 atom stereocenters. The standard InChI is InChI=1S/C28H44N2O3/c1-22(2)30(24-14-9-6-10-15-24)26(32)27(3,4)28(33)17-20-29(21-18-28)19-11-16-25(31)23-12-7-5-8-13-23/h5,7-8,12-13,22,24,33H,6,9-11,14-21H2,1-4H3. The van der Waals surface area contributed by atoms with E-state index in [1.165, 1.54) is 19.3 Å². The molecule has 0 spiro atoms. The van der Waals surface area contributed by atoms with Gasteiger partial charge in [0.05, 0.1) is 11.0 Å². The van der Waals surface area contributed by atoms with E-state index < -0.39 is 11.0 Å². The Labute approximate surface area is 200 Å². The van der Waals surface area contributed by atoms with Crippen LogP contribution < -0.4 is 0 Å². The maximum absolute atomic E-state index is 13.8. The van der Waals surface area contributed by atoms with Gasteiger partial charge in [0.2, 0.25) is 5.91 Å². The van der Waals surface area contributed by atoms with Crippen LogP contribution in [0.3, 0.4) is 0 Å². The van der Waals surface area contributed by atoms with Crippen molar-refractivity contribution in [3.05, 3.63) is 35.9 Å². The van der Waals surface area contributed by atoms with Crippen LogP contribution in [0.15, 0.2) is 30.3 Å². The molecule has 1 aromatic carbocycles. The highest BCUT2D eigenvalue weighted by Gasteiger charge is 2.52. The molecular formula is C28H44N2O3. The van der Waals surface area contributed by atoms with E-state index in [0.717, 1.165) is 44.5 Å². The highest BCUT2D eigenvalue weighted by atomic mass is 16.3. The number of Topliss-reactive ketones (excluding diaryl/α,β-unsaturated/α-hetero) is 1. The number of amides is 1. The second-order valence-electron chi connectivity index (χ2n) is 11.0. The Morgan fingerprint density at radius 3 is 2.27 bits per heavy atom. The summed E-state index contributed by atoms with van der Waals surface area (Å²) in [6.45, 7) is 10.5. The van der Waals surface area contributed by atoms with Crippen molar-refractivity contribution in [2.75, 3.05) is 19.6 Å². The summed E-state index contributed by atoms with van der Waals surface area (Å²) in [4.78, 5) is 30.5. The predicted octanol–water partition coefficient (Wildman–Crippen LogP) is 5.07. The first kappa shape index (κ1) is 25.9. The Morgan fingerprint density at radius 2 is 1.70 bits per heavy atom. The van der Waals surface area contributed by atoms with E-state index in [-0.39, 0.29) is 17.7 Å². The molecule has 1 aliphatic heterocycles. The predicted molar refractivity (Wildman–Crippen MR) is 133 cm³/mol. The average molecular weight is 457 g/mol. The fourth-order valence-electron chi connectivity index (χ4n) is 5.71. The first-order chi connectivity index (χ1) is 15.7. The van der Waals surface area contributed by atoms with Crippen LogP contribution >= 0.6 is 0 Å². The van der Waals surface area contributed by atoms with Crippen molar-refractivity contribution < 1.29 is 14.7 Å². The van der Waals surface area contributed by atoms with Gasteiger partial charge in [-0.2, -0.15) is 0 Å². The molecule has 3 rings (SSSR count). The van der Waals surface area contributed by atoms with Gasteiger partial charge in [-0.1, -0.05) is 49.6 Å². The van der Waals surface area contributed by atoms with Crippen molar-refractivity contribution in [2.45, 2.75) is 103 Å². The summed E-state index contributed by atoms with van der Waals surface area (Å²) >= 11 is 0. The van der Waals surface area contributed by atoms with Crippen LogP contribution in [0, 0.1) is 5.41 Å². The summed E-state index contributed by atoms with van der Waals surface area (Å²) in [7, 11) is 0. The second kappa shape index (κ2) is 11.1. The highest BCUT2D eigenvalue weighted by molar-refractivity contribution is 5.95. The molecule has 33 heavy (non-hydrogen) atoms. The molecule has 0 unspecified atom stereocenters. The molecule has 1 saturated carbocycles. The summed E-state index contributed by atoms with van der Waals surface area (Å²) in [5, 5.41) is 11.7. The number of aliphatic hydroxyl groups is 1. The third-order valence-corrected chi connectivity index (χ3v) is 8.11. The minimum Gasteiger partial charge on any atom is -0.389 e. The summed E-state index contributed by atoms with van der Waals surface area (Å²) in [5.41, 5.74) is -1.04. The number of hydrogen-bond donors (Lipinski definition) is 1. The number of carbonyl (C=O) groups excluding carboxylic acids is 2. The van der Waals surface area contributed by atoms with Crippen molar-refractivity contribution >= 4 is 11.7 Å². The van der Waals surface area contributed by atoms with Crippen molar-refractivity contribution in [3.8, 4) is 0 Å². The van der Waals surface area contributed by atoms with Crippen LogP contribution in [0.4, 0.5) is 0 Å². The van der Waals surface area contributed by atoms with Crippen molar-refractivity contribution in [1.82, 2.24) is 9.80 Å². The van der Waals surface area contributed by atoms with E-state index in [0.29, 0.717) is 25.3 Å². The van der Waals surface area contributed by atoms with Gasteiger partial charge < -0.3 is 14.9 Å². The smallest absolute Gasteiger partial charge is 0.231 e.